The molecule has 0 aromatic carbocycles. The third-order valence-corrected chi connectivity index (χ3v) is 1.52. The van der Waals surface area contributed by atoms with Crippen molar-refractivity contribution in [1.29, 1.82) is 0 Å². The van der Waals surface area contributed by atoms with Gasteiger partial charge in [-0.3, -0.25) is 0 Å². The standard InChI is InChI=1S/C4H6N4O3P/c1-3(7-5)10-12(9)11-4(2)8-6/h1-2H3/q+1. The number of hydrogen-bond donors (Lipinski definition) is 0. The maximum atomic E-state index is 10.7. The van der Waals surface area contributed by atoms with Crippen LogP contribution in [0.15, 0.2) is 0 Å². The Morgan fingerprint density at radius 1 is 1.17 bits per heavy atom. The molecule has 0 spiro atoms. The molecular weight excluding hydrogens is 183 g/mol. The van der Waals surface area contributed by atoms with Crippen molar-refractivity contribution in [2.45, 2.75) is 13.8 Å². The van der Waals surface area contributed by atoms with Gasteiger partial charge in [0.2, 0.25) is 0 Å². The molecule has 8 heteroatoms. The van der Waals surface area contributed by atoms with E-state index in [1.54, 1.807) is 0 Å². The Morgan fingerprint density at radius 2 is 1.50 bits per heavy atom. The van der Waals surface area contributed by atoms with Gasteiger partial charge in [0.1, 0.15) is 0 Å². The Balaban J connectivity index is 4.08. The molecule has 0 aliphatic heterocycles. The molecule has 0 radical (unpaired) electrons. The lowest BCUT2D eigenvalue weighted by molar-refractivity contribution is -0.0328. The molecule has 0 aromatic heterocycles. The van der Waals surface area contributed by atoms with Gasteiger partial charge < -0.3 is 11.1 Å². The highest BCUT2D eigenvalue weighted by Crippen LogP contribution is 2.23. The second kappa shape index (κ2) is 5.16. The fourth-order valence-electron chi connectivity index (χ4n) is 0.271. The maximum absolute atomic E-state index is 10.7. The Labute approximate surface area is 69.1 Å². The Hall–Kier alpha value is -1.54. The molecule has 0 saturated heterocycles. The fourth-order valence-corrected chi connectivity index (χ4v) is 0.813. The first-order valence-electron chi connectivity index (χ1n) is 2.80. The second-order valence-electron chi connectivity index (χ2n) is 1.64. The van der Waals surface area contributed by atoms with Crippen LogP contribution in [0.3, 0.4) is 0 Å². The SMILES string of the molecule is CC(=[N+]=[N-])O[P+](=O)OC(C)=[N+]=[N-]. The predicted molar refractivity (Wildman–Crippen MR) is 38.4 cm³/mol. The monoisotopic (exact) mass is 189 g/mol. The van der Waals surface area contributed by atoms with Crippen LogP contribution in [0.25, 0.3) is 11.1 Å². The summed E-state index contributed by atoms with van der Waals surface area (Å²) in [5.74, 6) is -0.413. The van der Waals surface area contributed by atoms with Gasteiger partial charge in [-0.15, -0.1) is 18.6 Å². The third kappa shape index (κ3) is 4.30. The molecule has 0 amide bonds. The van der Waals surface area contributed by atoms with Crippen molar-refractivity contribution in [1.82, 2.24) is 0 Å². The smallest absolute Gasteiger partial charge is 0.357 e. The number of hydrogen-bond acceptors (Lipinski definition) is 3. The van der Waals surface area contributed by atoms with Gasteiger partial charge in [0.05, 0.1) is 13.8 Å². The normalized spacial score (nSPS) is 9.00. The summed E-state index contributed by atoms with van der Waals surface area (Å²) in [6.45, 7) is 2.56. The fraction of sp³-hybridized carbons (Fsp3) is 0.500. The minimum absolute atomic E-state index is 0.207. The van der Waals surface area contributed by atoms with Crippen molar-refractivity contribution in [3.8, 4) is 0 Å². The zero-order valence-corrected chi connectivity index (χ0v) is 7.36. The third-order valence-electron chi connectivity index (χ3n) is 0.695. The Kier molecular flexibility index (Phi) is 4.49. The largest absolute Gasteiger partial charge is 0.818 e. The van der Waals surface area contributed by atoms with Gasteiger partial charge in [-0.25, -0.2) is 0 Å². The van der Waals surface area contributed by atoms with Crippen molar-refractivity contribution in [3.05, 3.63) is 11.1 Å². The number of nitrogens with zero attached hydrogens (tertiary/aromatic N) is 4. The zero-order chi connectivity index (χ0) is 9.56. The molecule has 0 saturated carbocycles. The first kappa shape index (κ1) is 10.5. The molecule has 0 heterocycles. The van der Waals surface area contributed by atoms with Gasteiger partial charge in [-0.1, -0.05) is 0 Å². The molecule has 0 fully saturated rings. The highest BCUT2D eigenvalue weighted by atomic mass is 31.1. The van der Waals surface area contributed by atoms with Crippen molar-refractivity contribution < 1.29 is 23.2 Å². The lowest BCUT2D eigenvalue weighted by Crippen LogP contribution is -1.98. The van der Waals surface area contributed by atoms with E-state index >= 15 is 0 Å². The lowest BCUT2D eigenvalue weighted by atomic mass is 10.8. The van der Waals surface area contributed by atoms with Crippen LogP contribution in [0.2, 0.25) is 0 Å². The van der Waals surface area contributed by atoms with Crippen LogP contribution < -0.4 is 0 Å². The summed E-state index contributed by atoms with van der Waals surface area (Å²) in [7, 11) is -2.50. The first-order valence-corrected chi connectivity index (χ1v) is 3.90. The molecule has 0 unspecified atom stereocenters. The van der Waals surface area contributed by atoms with Gasteiger partial charge in [0.25, 0.3) is 0 Å². The van der Waals surface area contributed by atoms with E-state index in [2.05, 4.69) is 18.6 Å². The van der Waals surface area contributed by atoms with Gasteiger partial charge in [-0.2, -0.15) is 0 Å². The molecule has 0 rings (SSSR count). The quantitative estimate of drug-likeness (QED) is 0.212. The summed E-state index contributed by atoms with van der Waals surface area (Å²) in [6, 6.07) is 0. The summed E-state index contributed by atoms with van der Waals surface area (Å²) in [6.07, 6.45) is 0. The lowest BCUT2D eigenvalue weighted by Gasteiger charge is -1.76. The molecule has 12 heavy (non-hydrogen) atoms. The van der Waals surface area contributed by atoms with E-state index in [1.807, 2.05) is 0 Å². The maximum Gasteiger partial charge on any atom is 0.818 e. The van der Waals surface area contributed by atoms with Crippen molar-refractivity contribution in [3.63, 3.8) is 0 Å². The average molecular weight is 189 g/mol. The molecule has 0 aliphatic rings. The minimum atomic E-state index is -2.50. The van der Waals surface area contributed by atoms with Crippen LogP contribution in [0.4, 0.5) is 0 Å². The van der Waals surface area contributed by atoms with Gasteiger partial charge >= 0.3 is 20.1 Å². The summed E-state index contributed by atoms with van der Waals surface area (Å²) in [4.78, 5) is 5.18. The van der Waals surface area contributed by atoms with Crippen LogP contribution >= 0.6 is 8.25 Å². The van der Waals surface area contributed by atoms with E-state index in [0.717, 1.165) is 0 Å². The summed E-state index contributed by atoms with van der Waals surface area (Å²) >= 11 is 0. The molecule has 0 bridgehead atoms. The molecule has 7 nitrogen and oxygen atoms in total. The second-order valence-corrected chi connectivity index (χ2v) is 2.46. The van der Waals surface area contributed by atoms with Crippen molar-refractivity contribution >= 4 is 20.1 Å². The van der Waals surface area contributed by atoms with Crippen molar-refractivity contribution in [2.24, 2.45) is 0 Å². The van der Waals surface area contributed by atoms with Crippen LogP contribution in [0.5, 0.6) is 0 Å². The summed E-state index contributed by atoms with van der Waals surface area (Å²) in [5.41, 5.74) is 16.1. The zero-order valence-electron chi connectivity index (χ0n) is 6.46. The molecule has 0 aromatic rings. The summed E-state index contributed by atoms with van der Waals surface area (Å²) in [5, 5.41) is 0. The van der Waals surface area contributed by atoms with Gasteiger partial charge in [0.15, 0.2) is 0 Å². The molecule has 0 N–H and O–H groups in total. The topological polar surface area (TPSA) is 108 Å². The average Bonchev–Trinajstić information content (AvgIpc) is 2.03. The molecule has 0 aliphatic carbocycles. The summed E-state index contributed by atoms with van der Waals surface area (Å²) < 4.78 is 19.4. The van der Waals surface area contributed by atoms with Gasteiger partial charge in [-0.05, 0) is 0 Å². The van der Waals surface area contributed by atoms with Crippen molar-refractivity contribution in [2.75, 3.05) is 0 Å². The Morgan fingerprint density at radius 3 is 1.75 bits per heavy atom. The van der Waals surface area contributed by atoms with Crippen LogP contribution in [0, 0.1) is 0 Å². The predicted octanol–water partition coefficient (Wildman–Crippen LogP) is 0.973. The van der Waals surface area contributed by atoms with E-state index < -0.39 is 8.25 Å². The Bertz CT molecular complexity index is 261. The molecule has 64 valence electrons. The van der Waals surface area contributed by atoms with E-state index in [1.165, 1.54) is 13.8 Å². The highest BCUT2D eigenvalue weighted by Gasteiger charge is 2.31. The molecule has 0 atom stereocenters. The minimum Gasteiger partial charge on any atom is -0.357 e. The van der Waals surface area contributed by atoms with E-state index in [9.17, 15) is 4.57 Å². The van der Waals surface area contributed by atoms with E-state index in [4.69, 9.17) is 11.1 Å². The first-order chi connectivity index (χ1) is 5.60. The van der Waals surface area contributed by atoms with Gasteiger partial charge in [0, 0.05) is 4.57 Å². The highest BCUT2D eigenvalue weighted by molar-refractivity contribution is 7.34. The molecular formula is C4H6N4O3P+. The van der Waals surface area contributed by atoms with Crippen LogP contribution in [-0.2, 0) is 13.6 Å². The van der Waals surface area contributed by atoms with E-state index in [-0.39, 0.29) is 11.8 Å². The van der Waals surface area contributed by atoms with Crippen LogP contribution in [0.1, 0.15) is 13.8 Å². The van der Waals surface area contributed by atoms with E-state index in [0.29, 0.717) is 0 Å². The number of rotatable bonds is 2. The van der Waals surface area contributed by atoms with Crippen LogP contribution in [-0.4, -0.2) is 21.4 Å².